The molecule has 130 valence electrons. The predicted octanol–water partition coefficient (Wildman–Crippen LogP) is 3.79. The number of likely N-dealkylation sites (N-methyl/N-ethyl adjacent to an activating group) is 1. The molecule has 5 nitrogen and oxygen atoms in total. The van der Waals surface area contributed by atoms with Crippen LogP contribution in [0.25, 0.3) is 0 Å². The van der Waals surface area contributed by atoms with Crippen LogP contribution in [0.3, 0.4) is 0 Å². The Balaban J connectivity index is 2.16. The maximum atomic E-state index is 12.6. The quantitative estimate of drug-likeness (QED) is 0.861. The largest absolute Gasteiger partial charge is 0.360 e. The average Bonchev–Trinajstić information content (AvgIpc) is 2.89. The second kappa shape index (κ2) is 7.81. The predicted molar refractivity (Wildman–Crippen MR) is 95.5 cm³/mol. The maximum Gasteiger partial charge on any atom is 0.256 e. The summed E-state index contributed by atoms with van der Waals surface area (Å²) in [6.07, 6.45) is 0. The minimum absolute atomic E-state index is 0.0234. The Hall–Kier alpha value is -1.85. The lowest BCUT2D eigenvalue weighted by molar-refractivity contribution is 0.0939. The molecule has 6 heteroatoms. The van der Waals surface area contributed by atoms with E-state index in [1.807, 2.05) is 52.2 Å². The Kier molecular flexibility index (Phi) is 6.02. The first kappa shape index (κ1) is 18.5. The number of aryl methyl sites for hydroxylation is 1. The third-order valence-electron chi connectivity index (χ3n) is 3.95. The molecule has 1 aromatic carbocycles. The van der Waals surface area contributed by atoms with E-state index in [2.05, 4.69) is 15.4 Å². The fraction of sp³-hybridized carbons (Fsp3) is 0.444. The van der Waals surface area contributed by atoms with Gasteiger partial charge in [-0.15, -0.1) is 0 Å². The molecule has 0 aliphatic rings. The summed E-state index contributed by atoms with van der Waals surface area (Å²) in [7, 11) is 3.95. The van der Waals surface area contributed by atoms with Crippen LogP contribution in [-0.2, 0) is 0 Å². The first-order valence-corrected chi connectivity index (χ1v) is 8.35. The normalized spacial score (nSPS) is 12.7. The Morgan fingerprint density at radius 2 is 2.08 bits per heavy atom. The van der Waals surface area contributed by atoms with Crippen LogP contribution < -0.4 is 5.32 Å². The summed E-state index contributed by atoms with van der Waals surface area (Å²) in [5, 5.41) is 7.61. The number of amides is 1. The monoisotopic (exact) mass is 349 g/mol. The van der Waals surface area contributed by atoms with Gasteiger partial charge in [0.1, 0.15) is 5.56 Å². The molecule has 0 aliphatic heterocycles. The molecule has 1 aromatic heterocycles. The van der Waals surface area contributed by atoms with Crippen LogP contribution in [0, 0.1) is 6.92 Å². The standard InChI is InChI=1S/C18H24ClN3O2/c1-11(2)17-16(12(3)21-24-17)18(23)20-10-15(22(4)5)13-7-6-8-14(19)9-13/h6-9,11,15H,10H2,1-5H3,(H,20,23). The number of hydrogen-bond acceptors (Lipinski definition) is 4. The lowest BCUT2D eigenvalue weighted by Crippen LogP contribution is -2.35. The molecule has 0 spiro atoms. The number of nitrogens with zero attached hydrogens (tertiary/aromatic N) is 2. The molecule has 1 heterocycles. The van der Waals surface area contributed by atoms with E-state index in [4.69, 9.17) is 16.1 Å². The van der Waals surface area contributed by atoms with Gasteiger partial charge in [0.05, 0.1) is 11.7 Å². The molecule has 2 rings (SSSR count). The average molecular weight is 350 g/mol. The fourth-order valence-corrected chi connectivity index (χ4v) is 2.85. The smallest absolute Gasteiger partial charge is 0.256 e. The number of rotatable bonds is 6. The first-order valence-electron chi connectivity index (χ1n) is 7.97. The van der Waals surface area contributed by atoms with Crippen molar-refractivity contribution in [1.82, 2.24) is 15.4 Å². The van der Waals surface area contributed by atoms with Crippen LogP contribution in [-0.4, -0.2) is 36.6 Å². The van der Waals surface area contributed by atoms with Crippen LogP contribution in [0.1, 0.15) is 53.2 Å². The van der Waals surface area contributed by atoms with Gasteiger partial charge in [0.25, 0.3) is 5.91 Å². The number of benzene rings is 1. The molecule has 0 bridgehead atoms. The molecule has 1 amide bonds. The van der Waals surface area contributed by atoms with Crippen molar-refractivity contribution in [2.75, 3.05) is 20.6 Å². The number of aromatic nitrogens is 1. The number of nitrogens with one attached hydrogen (secondary N) is 1. The molecule has 24 heavy (non-hydrogen) atoms. The van der Waals surface area contributed by atoms with Crippen LogP contribution in [0.4, 0.5) is 0 Å². The van der Waals surface area contributed by atoms with Crippen LogP contribution >= 0.6 is 11.6 Å². The molecule has 0 radical (unpaired) electrons. The molecule has 0 fully saturated rings. The molecule has 0 aliphatic carbocycles. The van der Waals surface area contributed by atoms with Crippen LogP contribution in [0.15, 0.2) is 28.8 Å². The molecular weight excluding hydrogens is 326 g/mol. The van der Waals surface area contributed by atoms with E-state index in [1.165, 1.54) is 0 Å². The van der Waals surface area contributed by atoms with Crippen molar-refractivity contribution in [1.29, 1.82) is 0 Å². The second-order valence-corrected chi connectivity index (χ2v) is 6.84. The van der Waals surface area contributed by atoms with Gasteiger partial charge in [-0.25, -0.2) is 0 Å². The highest BCUT2D eigenvalue weighted by atomic mass is 35.5. The third-order valence-corrected chi connectivity index (χ3v) is 4.19. The van der Waals surface area contributed by atoms with Gasteiger partial charge in [-0.1, -0.05) is 42.7 Å². The minimum Gasteiger partial charge on any atom is -0.360 e. The fourth-order valence-electron chi connectivity index (χ4n) is 2.65. The zero-order valence-electron chi connectivity index (χ0n) is 14.8. The molecule has 2 aromatic rings. The summed E-state index contributed by atoms with van der Waals surface area (Å²) in [6.45, 7) is 6.20. The van der Waals surface area contributed by atoms with Crippen molar-refractivity contribution >= 4 is 17.5 Å². The van der Waals surface area contributed by atoms with Crippen molar-refractivity contribution in [3.05, 3.63) is 51.9 Å². The molecule has 1 N–H and O–H groups in total. The Morgan fingerprint density at radius 1 is 1.38 bits per heavy atom. The van der Waals surface area contributed by atoms with Crippen LogP contribution in [0.5, 0.6) is 0 Å². The lowest BCUT2D eigenvalue weighted by atomic mass is 10.0. The number of hydrogen-bond donors (Lipinski definition) is 1. The summed E-state index contributed by atoms with van der Waals surface area (Å²) in [5.74, 6) is 0.560. The number of halogens is 1. The van der Waals surface area contributed by atoms with Gasteiger partial charge in [-0.2, -0.15) is 0 Å². The van der Waals surface area contributed by atoms with Crippen LogP contribution in [0.2, 0.25) is 5.02 Å². The summed E-state index contributed by atoms with van der Waals surface area (Å²) in [5.41, 5.74) is 2.20. The lowest BCUT2D eigenvalue weighted by Gasteiger charge is -2.25. The molecule has 1 unspecified atom stereocenters. The number of carbonyl (C=O) groups is 1. The third kappa shape index (κ3) is 4.16. The molecular formula is C18H24ClN3O2. The van der Waals surface area contributed by atoms with E-state index in [0.29, 0.717) is 28.6 Å². The minimum atomic E-state index is -0.161. The van der Waals surface area contributed by atoms with Gasteiger partial charge in [-0.3, -0.25) is 4.79 Å². The number of carbonyl (C=O) groups excluding carboxylic acids is 1. The van der Waals surface area contributed by atoms with Crippen molar-refractivity contribution in [3.63, 3.8) is 0 Å². The highest BCUT2D eigenvalue weighted by Gasteiger charge is 2.24. The summed E-state index contributed by atoms with van der Waals surface area (Å²) < 4.78 is 5.29. The first-order chi connectivity index (χ1) is 11.3. The van der Waals surface area contributed by atoms with Gasteiger partial charge in [-0.05, 0) is 38.7 Å². The zero-order valence-corrected chi connectivity index (χ0v) is 15.5. The Labute approximate surface area is 148 Å². The van der Waals surface area contributed by atoms with E-state index < -0.39 is 0 Å². The van der Waals surface area contributed by atoms with E-state index >= 15 is 0 Å². The van der Waals surface area contributed by atoms with E-state index in [0.717, 1.165) is 5.56 Å². The van der Waals surface area contributed by atoms with Crippen molar-refractivity contribution in [3.8, 4) is 0 Å². The zero-order chi connectivity index (χ0) is 17.9. The Bertz CT molecular complexity index is 710. The highest BCUT2D eigenvalue weighted by Crippen LogP contribution is 2.24. The molecule has 0 saturated carbocycles. The maximum absolute atomic E-state index is 12.6. The van der Waals surface area contributed by atoms with Crippen molar-refractivity contribution < 1.29 is 9.32 Å². The molecule has 1 atom stereocenters. The summed E-state index contributed by atoms with van der Waals surface area (Å²) in [6, 6.07) is 7.70. The summed E-state index contributed by atoms with van der Waals surface area (Å²) in [4.78, 5) is 14.7. The van der Waals surface area contributed by atoms with Gasteiger partial charge < -0.3 is 14.7 Å². The van der Waals surface area contributed by atoms with Crippen molar-refractivity contribution in [2.45, 2.75) is 32.7 Å². The van der Waals surface area contributed by atoms with Crippen molar-refractivity contribution in [2.24, 2.45) is 0 Å². The van der Waals surface area contributed by atoms with E-state index in [-0.39, 0.29) is 17.9 Å². The highest BCUT2D eigenvalue weighted by molar-refractivity contribution is 6.30. The Morgan fingerprint density at radius 3 is 2.67 bits per heavy atom. The summed E-state index contributed by atoms with van der Waals surface area (Å²) >= 11 is 6.09. The van der Waals surface area contributed by atoms with Gasteiger partial charge in [0.15, 0.2) is 5.76 Å². The second-order valence-electron chi connectivity index (χ2n) is 6.41. The topological polar surface area (TPSA) is 58.4 Å². The van der Waals surface area contributed by atoms with Gasteiger partial charge >= 0.3 is 0 Å². The SMILES string of the molecule is Cc1noc(C(C)C)c1C(=O)NCC(c1cccc(Cl)c1)N(C)C. The van der Waals surface area contributed by atoms with E-state index in [1.54, 1.807) is 6.92 Å². The molecule has 0 saturated heterocycles. The van der Waals surface area contributed by atoms with Gasteiger partial charge in [0.2, 0.25) is 0 Å². The van der Waals surface area contributed by atoms with Gasteiger partial charge in [0, 0.05) is 17.5 Å². The van der Waals surface area contributed by atoms with E-state index in [9.17, 15) is 4.79 Å².